The van der Waals surface area contributed by atoms with Crippen LogP contribution in [-0.4, -0.2) is 78.7 Å². The summed E-state index contributed by atoms with van der Waals surface area (Å²) < 4.78 is 18.7. The van der Waals surface area contributed by atoms with Crippen LogP contribution < -0.4 is 15.4 Å². The molecule has 2 amide bonds. The van der Waals surface area contributed by atoms with E-state index in [-0.39, 0.29) is 24.8 Å². The second kappa shape index (κ2) is 11.7. The van der Waals surface area contributed by atoms with Gasteiger partial charge in [0.05, 0.1) is 31.3 Å². The third kappa shape index (κ3) is 6.08. The third-order valence-electron chi connectivity index (χ3n) is 7.06. The molecule has 2 aromatic rings. The lowest BCUT2D eigenvalue weighted by atomic mass is 9.89. The lowest BCUT2D eigenvalue weighted by molar-refractivity contribution is -0.138. The number of carbonyl (C=O) groups is 3. The Balaban J connectivity index is 1.44. The molecule has 0 bridgehead atoms. The van der Waals surface area contributed by atoms with E-state index >= 15 is 0 Å². The highest BCUT2D eigenvalue weighted by Gasteiger charge is 2.35. The maximum absolute atomic E-state index is 13.5. The maximum atomic E-state index is 13.5. The minimum atomic E-state index is -1.15. The van der Waals surface area contributed by atoms with Crippen molar-refractivity contribution in [3.05, 3.63) is 58.9 Å². The van der Waals surface area contributed by atoms with Crippen molar-refractivity contribution < 1.29 is 33.7 Å². The topological polar surface area (TPSA) is 128 Å². The van der Waals surface area contributed by atoms with Crippen LogP contribution in [-0.2, 0) is 16.0 Å². The van der Waals surface area contributed by atoms with Crippen LogP contribution in [0.4, 0.5) is 10.1 Å². The number of anilines is 1. The van der Waals surface area contributed by atoms with Crippen molar-refractivity contribution in [1.29, 1.82) is 0 Å². The Bertz CT molecular complexity index is 1150. The molecule has 4 rings (SSSR count). The summed E-state index contributed by atoms with van der Waals surface area (Å²) in [6.07, 6.45) is 1.31. The number of aliphatic hydroxyl groups excluding tert-OH is 2. The SMILES string of the molecule is COc1cc2c(cc1C(=O)N1CCC(Cc3ccc(F)cc3)CC1)C(C(=O)C(=O)NCC(O)CO)CN2. The van der Waals surface area contributed by atoms with Gasteiger partial charge in [-0.1, -0.05) is 12.1 Å². The molecule has 0 aliphatic carbocycles. The Morgan fingerprint density at radius 3 is 2.54 bits per heavy atom. The monoisotopic (exact) mass is 513 g/mol. The number of benzene rings is 2. The molecule has 2 atom stereocenters. The Morgan fingerprint density at radius 1 is 1.19 bits per heavy atom. The van der Waals surface area contributed by atoms with Crippen molar-refractivity contribution in [3.63, 3.8) is 0 Å². The van der Waals surface area contributed by atoms with Gasteiger partial charge in [-0.3, -0.25) is 14.4 Å². The Kier molecular flexibility index (Phi) is 8.40. The number of fused-ring (bicyclic) bond motifs is 1. The minimum absolute atomic E-state index is 0.194. The van der Waals surface area contributed by atoms with Crippen molar-refractivity contribution >= 4 is 23.3 Å². The number of nitrogens with one attached hydrogen (secondary N) is 2. The molecule has 10 heteroatoms. The fourth-order valence-corrected chi connectivity index (χ4v) is 4.91. The molecule has 0 saturated carbocycles. The number of amides is 2. The number of piperidine rings is 1. The van der Waals surface area contributed by atoms with Gasteiger partial charge in [0.1, 0.15) is 11.6 Å². The van der Waals surface area contributed by atoms with Crippen LogP contribution in [0.25, 0.3) is 0 Å². The highest BCUT2D eigenvalue weighted by atomic mass is 19.1. The van der Waals surface area contributed by atoms with Crippen LogP contribution in [0.3, 0.4) is 0 Å². The standard InChI is InChI=1S/C27H32FN3O6/c1-37-24-12-23-20(22(14-29-23)25(34)26(35)30-13-19(33)15-32)11-21(24)27(36)31-8-6-17(7-9-31)10-16-2-4-18(28)5-3-16/h2-5,11-12,17,19,22,29,32-33H,6-10,13-15H2,1H3,(H,30,35). The van der Waals surface area contributed by atoms with E-state index in [0.717, 1.165) is 24.8 Å². The summed E-state index contributed by atoms with van der Waals surface area (Å²) in [5, 5.41) is 23.8. The summed E-state index contributed by atoms with van der Waals surface area (Å²) in [6, 6.07) is 9.81. The van der Waals surface area contributed by atoms with Crippen molar-refractivity contribution in [1.82, 2.24) is 10.2 Å². The molecule has 0 spiro atoms. The highest BCUT2D eigenvalue weighted by molar-refractivity contribution is 6.38. The highest BCUT2D eigenvalue weighted by Crippen LogP contribution is 2.38. The number of Topliss-reactive ketones (excluding diaryl/α,β-unsaturated/α-hetero) is 1. The molecule has 4 N–H and O–H groups in total. The predicted molar refractivity (Wildman–Crippen MR) is 134 cm³/mol. The normalized spacial score (nSPS) is 18.1. The summed E-state index contributed by atoms with van der Waals surface area (Å²) in [5.41, 5.74) is 2.56. The summed E-state index contributed by atoms with van der Waals surface area (Å²) in [6.45, 7) is 0.566. The molecule has 9 nitrogen and oxygen atoms in total. The maximum Gasteiger partial charge on any atom is 0.288 e. The van der Waals surface area contributed by atoms with Gasteiger partial charge in [0.2, 0.25) is 5.78 Å². The van der Waals surface area contributed by atoms with Gasteiger partial charge in [-0.2, -0.15) is 0 Å². The number of carbonyl (C=O) groups excluding carboxylic acids is 3. The largest absolute Gasteiger partial charge is 0.496 e. The number of rotatable bonds is 9. The molecule has 2 aliphatic rings. The van der Waals surface area contributed by atoms with E-state index in [0.29, 0.717) is 41.6 Å². The van der Waals surface area contributed by atoms with Gasteiger partial charge in [-0.25, -0.2) is 4.39 Å². The smallest absolute Gasteiger partial charge is 0.288 e. The van der Waals surface area contributed by atoms with Crippen LogP contribution in [0, 0.1) is 11.7 Å². The molecule has 0 radical (unpaired) electrons. The molecule has 2 aromatic carbocycles. The van der Waals surface area contributed by atoms with Gasteiger partial charge < -0.3 is 30.5 Å². The Morgan fingerprint density at radius 2 is 1.89 bits per heavy atom. The first-order valence-electron chi connectivity index (χ1n) is 12.4. The quantitative estimate of drug-likeness (QED) is 0.374. The number of nitrogens with zero attached hydrogens (tertiary/aromatic N) is 1. The zero-order valence-electron chi connectivity index (χ0n) is 20.7. The summed E-state index contributed by atoms with van der Waals surface area (Å²) in [7, 11) is 1.48. The van der Waals surface area contributed by atoms with Crippen molar-refractivity contribution in [2.24, 2.45) is 5.92 Å². The van der Waals surface area contributed by atoms with Crippen molar-refractivity contribution in [2.45, 2.75) is 31.3 Å². The first kappa shape index (κ1) is 26.6. The fourth-order valence-electron chi connectivity index (χ4n) is 4.91. The molecule has 2 aliphatic heterocycles. The molecule has 1 saturated heterocycles. The predicted octanol–water partition coefficient (Wildman–Crippen LogP) is 1.48. The molecule has 1 fully saturated rings. The summed E-state index contributed by atoms with van der Waals surface area (Å²) in [5.74, 6) is -2.03. The summed E-state index contributed by atoms with van der Waals surface area (Å²) >= 11 is 0. The van der Waals surface area contributed by atoms with E-state index in [1.807, 2.05) is 0 Å². The van der Waals surface area contributed by atoms with Gasteiger partial charge >= 0.3 is 0 Å². The number of likely N-dealkylation sites (tertiary alicyclic amines) is 1. The van der Waals surface area contributed by atoms with Crippen molar-refractivity contribution in [2.75, 3.05) is 45.2 Å². The van der Waals surface area contributed by atoms with Gasteiger partial charge in [0.25, 0.3) is 11.8 Å². The molecule has 2 unspecified atom stereocenters. The average Bonchev–Trinajstić information content (AvgIpc) is 3.34. The number of hydrogen-bond acceptors (Lipinski definition) is 7. The minimum Gasteiger partial charge on any atom is -0.496 e. The molecule has 37 heavy (non-hydrogen) atoms. The zero-order chi connectivity index (χ0) is 26.5. The van der Waals surface area contributed by atoms with Crippen molar-refractivity contribution in [3.8, 4) is 5.75 Å². The van der Waals surface area contributed by atoms with E-state index in [1.54, 1.807) is 29.2 Å². The van der Waals surface area contributed by atoms with Crippen LogP contribution in [0.5, 0.6) is 5.75 Å². The Hall–Kier alpha value is -3.50. The van der Waals surface area contributed by atoms with E-state index < -0.39 is 30.3 Å². The molecular weight excluding hydrogens is 481 g/mol. The molecular formula is C27H32FN3O6. The number of halogens is 1. The van der Waals surface area contributed by atoms with E-state index in [9.17, 15) is 23.9 Å². The Labute approximate surface area is 214 Å². The van der Waals surface area contributed by atoms with Crippen LogP contribution in [0.2, 0.25) is 0 Å². The number of methoxy groups -OCH3 is 1. The van der Waals surface area contributed by atoms with Gasteiger partial charge in [-0.05, 0) is 54.5 Å². The first-order chi connectivity index (χ1) is 17.8. The molecule has 2 heterocycles. The van der Waals surface area contributed by atoms with Crippen LogP contribution >= 0.6 is 0 Å². The second-order valence-electron chi connectivity index (χ2n) is 9.55. The van der Waals surface area contributed by atoms with E-state index in [2.05, 4.69) is 10.6 Å². The molecule has 198 valence electrons. The first-order valence-corrected chi connectivity index (χ1v) is 12.4. The zero-order valence-corrected chi connectivity index (χ0v) is 20.7. The number of ether oxygens (including phenoxy) is 1. The van der Waals surface area contributed by atoms with Crippen LogP contribution in [0.15, 0.2) is 36.4 Å². The average molecular weight is 514 g/mol. The lowest BCUT2D eigenvalue weighted by Gasteiger charge is -2.32. The second-order valence-corrected chi connectivity index (χ2v) is 9.55. The van der Waals surface area contributed by atoms with E-state index in [1.165, 1.54) is 19.2 Å². The van der Waals surface area contributed by atoms with E-state index in [4.69, 9.17) is 9.84 Å². The van der Waals surface area contributed by atoms with Crippen LogP contribution in [0.1, 0.15) is 40.2 Å². The summed E-state index contributed by atoms with van der Waals surface area (Å²) in [4.78, 5) is 40.4. The number of ketones is 1. The fraction of sp³-hybridized carbons (Fsp3) is 0.444. The lowest BCUT2D eigenvalue weighted by Crippen LogP contribution is -2.40. The van der Waals surface area contributed by atoms with Gasteiger partial charge in [0.15, 0.2) is 0 Å². The third-order valence-corrected chi connectivity index (χ3v) is 7.06. The van der Waals surface area contributed by atoms with Gasteiger partial charge in [0, 0.05) is 37.9 Å². The molecule has 0 aromatic heterocycles. The number of aliphatic hydroxyl groups is 2. The van der Waals surface area contributed by atoms with Gasteiger partial charge in [-0.15, -0.1) is 0 Å². The number of hydrogen-bond donors (Lipinski definition) is 4.